The van der Waals surface area contributed by atoms with Crippen molar-refractivity contribution in [3.05, 3.63) is 0 Å². The van der Waals surface area contributed by atoms with Gasteiger partial charge in [0.05, 0.1) is 6.54 Å². The van der Waals surface area contributed by atoms with Gasteiger partial charge in [-0.05, 0) is 18.8 Å². The van der Waals surface area contributed by atoms with Gasteiger partial charge in [-0.3, -0.25) is 0 Å². The Bertz CT molecular complexity index is 277. The molecule has 0 spiro atoms. The van der Waals surface area contributed by atoms with Gasteiger partial charge in [0.25, 0.3) is 0 Å². The number of carboxylic acids is 1. The van der Waals surface area contributed by atoms with E-state index in [2.05, 4.69) is 10.6 Å². The van der Waals surface area contributed by atoms with Crippen LogP contribution in [-0.2, 0) is 4.79 Å². The van der Waals surface area contributed by atoms with Gasteiger partial charge in [0.15, 0.2) is 6.10 Å². The highest BCUT2D eigenvalue weighted by Gasteiger charge is 2.15. The van der Waals surface area contributed by atoms with E-state index < -0.39 is 18.1 Å². The average molecular weight is 258 g/mol. The third kappa shape index (κ3) is 5.86. The van der Waals surface area contributed by atoms with Crippen molar-refractivity contribution in [3.63, 3.8) is 0 Å². The Hall–Kier alpha value is -1.30. The van der Waals surface area contributed by atoms with Crippen LogP contribution in [0.2, 0.25) is 0 Å². The number of carbonyl (C=O) groups excluding carboxylic acids is 1. The average Bonchev–Trinajstić information content (AvgIpc) is 2.84. The summed E-state index contributed by atoms with van der Waals surface area (Å²) in [5.74, 6) is -0.528. The van der Waals surface area contributed by atoms with Gasteiger partial charge >= 0.3 is 12.0 Å². The zero-order valence-corrected chi connectivity index (χ0v) is 10.5. The van der Waals surface area contributed by atoms with Gasteiger partial charge < -0.3 is 20.8 Å². The Balaban J connectivity index is 1.97. The maximum Gasteiger partial charge on any atom is 0.334 e. The Labute approximate surface area is 107 Å². The Kier molecular flexibility index (Phi) is 6.49. The number of amides is 2. The third-order valence-electron chi connectivity index (χ3n) is 3.29. The standard InChI is InChI=1S/C12H22N2O4/c15-10(11(16)17)8-14-12(18)13-7-3-6-9-4-1-2-5-9/h9-10,15H,1-8H2,(H,16,17)(H2,13,14,18). The first-order valence-electron chi connectivity index (χ1n) is 6.52. The minimum atomic E-state index is -1.55. The SMILES string of the molecule is O=C(NCCCC1CCCC1)NCC(O)C(=O)O. The zero-order chi connectivity index (χ0) is 13.4. The van der Waals surface area contributed by atoms with E-state index in [-0.39, 0.29) is 6.54 Å². The highest BCUT2D eigenvalue weighted by Crippen LogP contribution is 2.28. The fraction of sp³-hybridized carbons (Fsp3) is 0.833. The molecule has 0 aliphatic heterocycles. The van der Waals surface area contributed by atoms with E-state index in [9.17, 15) is 9.59 Å². The Morgan fingerprint density at radius 1 is 1.22 bits per heavy atom. The molecule has 1 unspecified atom stereocenters. The molecule has 0 aromatic heterocycles. The highest BCUT2D eigenvalue weighted by molar-refractivity contribution is 5.76. The van der Waals surface area contributed by atoms with Crippen molar-refractivity contribution in [1.29, 1.82) is 0 Å². The van der Waals surface area contributed by atoms with Crippen LogP contribution in [0.3, 0.4) is 0 Å². The normalized spacial score (nSPS) is 17.4. The van der Waals surface area contributed by atoms with Gasteiger partial charge in [0.2, 0.25) is 0 Å². The van der Waals surface area contributed by atoms with Crippen LogP contribution >= 0.6 is 0 Å². The molecule has 18 heavy (non-hydrogen) atoms. The minimum Gasteiger partial charge on any atom is -0.479 e. The molecule has 1 saturated carbocycles. The second kappa shape index (κ2) is 7.92. The lowest BCUT2D eigenvalue weighted by Crippen LogP contribution is -2.42. The molecule has 0 aromatic carbocycles. The molecule has 1 aliphatic rings. The van der Waals surface area contributed by atoms with Crippen molar-refractivity contribution in [2.45, 2.75) is 44.6 Å². The van der Waals surface area contributed by atoms with Gasteiger partial charge in [-0.1, -0.05) is 25.7 Å². The van der Waals surface area contributed by atoms with Gasteiger partial charge in [-0.25, -0.2) is 9.59 Å². The van der Waals surface area contributed by atoms with E-state index in [1.807, 2.05) is 0 Å². The molecule has 0 aromatic rings. The number of rotatable bonds is 7. The van der Waals surface area contributed by atoms with Gasteiger partial charge in [-0.15, -0.1) is 0 Å². The lowest BCUT2D eigenvalue weighted by Gasteiger charge is -2.11. The maximum absolute atomic E-state index is 11.2. The predicted octanol–water partition coefficient (Wildman–Crippen LogP) is 0.701. The number of carbonyl (C=O) groups is 2. The van der Waals surface area contributed by atoms with Gasteiger partial charge in [0.1, 0.15) is 0 Å². The van der Waals surface area contributed by atoms with E-state index >= 15 is 0 Å². The van der Waals surface area contributed by atoms with Crippen LogP contribution in [0.4, 0.5) is 4.79 Å². The van der Waals surface area contributed by atoms with E-state index in [4.69, 9.17) is 10.2 Å². The molecule has 6 nitrogen and oxygen atoms in total. The first-order valence-corrected chi connectivity index (χ1v) is 6.52. The summed E-state index contributed by atoms with van der Waals surface area (Å²) in [6, 6.07) is -0.429. The summed E-state index contributed by atoms with van der Waals surface area (Å²) in [6.07, 6.45) is 5.79. The van der Waals surface area contributed by atoms with Crippen molar-refractivity contribution in [2.75, 3.05) is 13.1 Å². The molecule has 1 fully saturated rings. The molecular weight excluding hydrogens is 236 g/mol. The van der Waals surface area contributed by atoms with Gasteiger partial charge in [0, 0.05) is 6.54 Å². The highest BCUT2D eigenvalue weighted by atomic mass is 16.4. The molecule has 0 bridgehead atoms. The number of carboxylic acid groups (broad SMARTS) is 1. The van der Waals surface area contributed by atoms with E-state index in [1.165, 1.54) is 25.7 Å². The summed E-state index contributed by atoms with van der Waals surface area (Å²) >= 11 is 0. The number of aliphatic hydroxyl groups excluding tert-OH is 1. The number of hydrogen-bond acceptors (Lipinski definition) is 3. The zero-order valence-electron chi connectivity index (χ0n) is 10.5. The van der Waals surface area contributed by atoms with Crippen LogP contribution < -0.4 is 10.6 Å². The van der Waals surface area contributed by atoms with Crippen molar-refractivity contribution < 1.29 is 19.8 Å². The van der Waals surface area contributed by atoms with Crippen LogP contribution in [0.1, 0.15) is 38.5 Å². The van der Waals surface area contributed by atoms with Crippen LogP contribution in [0, 0.1) is 5.92 Å². The molecule has 4 N–H and O–H groups in total. The molecule has 0 radical (unpaired) electrons. The van der Waals surface area contributed by atoms with Crippen molar-refractivity contribution in [2.24, 2.45) is 5.92 Å². The van der Waals surface area contributed by atoms with E-state index in [0.717, 1.165) is 18.8 Å². The number of aliphatic hydroxyl groups is 1. The Morgan fingerprint density at radius 2 is 1.89 bits per heavy atom. The van der Waals surface area contributed by atoms with Crippen molar-refractivity contribution >= 4 is 12.0 Å². The van der Waals surface area contributed by atoms with Crippen LogP contribution in [0.25, 0.3) is 0 Å². The number of nitrogens with one attached hydrogen (secondary N) is 2. The van der Waals surface area contributed by atoms with Gasteiger partial charge in [-0.2, -0.15) is 0 Å². The quantitative estimate of drug-likeness (QED) is 0.505. The Morgan fingerprint density at radius 3 is 2.50 bits per heavy atom. The first kappa shape index (κ1) is 14.8. The molecule has 6 heteroatoms. The summed E-state index contributed by atoms with van der Waals surface area (Å²) in [5.41, 5.74) is 0. The summed E-state index contributed by atoms with van der Waals surface area (Å²) in [4.78, 5) is 21.5. The van der Waals surface area contributed by atoms with Crippen molar-refractivity contribution in [3.8, 4) is 0 Å². The summed E-state index contributed by atoms with van der Waals surface area (Å²) in [6.45, 7) is 0.315. The second-order valence-electron chi connectivity index (χ2n) is 4.78. The third-order valence-corrected chi connectivity index (χ3v) is 3.29. The molecule has 1 rings (SSSR count). The van der Waals surface area contributed by atoms with Crippen LogP contribution in [0.5, 0.6) is 0 Å². The second-order valence-corrected chi connectivity index (χ2v) is 4.78. The minimum absolute atomic E-state index is 0.274. The summed E-state index contributed by atoms with van der Waals surface area (Å²) in [7, 11) is 0. The first-order chi connectivity index (χ1) is 8.59. The maximum atomic E-state index is 11.2. The number of urea groups is 1. The summed E-state index contributed by atoms with van der Waals surface area (Å²) in [5, 5.41) is 22.3. The molecule has 1 atom stereocenters. The fourth-order valence-corrected chi connectivity index (χ4v) is 2.23. The van der Waals surface area contributed by atoms with E-state index in [1.54, 1.807) is 0 Å². The van der Waals surface area contributed by atoms with Crippen LogP contribution in [0.15, 0.2) is 0 Å². The largest absolute Gasteiger partial charge is 0.479 e. The topological polar surface area (TPSA) is 98.7 Å². The molecule has 104 valence electrons. The van der Waals surface area contributed by atoms with E-state index in [0.29, 0.717) is 6.54 Å². The number of hydrogen-bond donors (Lipinski definition) is 4. The lowest BCUT2D eigenvalue weighted by molar-refractivity contribution is -0.146. The molecule has 1 aliphatic carbocycles. The molecule has 0 heterocycles. The smallest absolute Gasteiger partial charge is 0.334 e. The summed E-state index contributed by atoms with van der Waals surface area (Å²) < 4.78 is 0. The van der Waals surface area contributed by atoms with Crippen molar-refractivity contribution in [1.82, 2.24) is 10.6 Å². The molecule has 0 saturated heterocycles. The fourth-order valence-electron chi connectivity index (χ4n) is 2.23. The lowest BCUT2D eigenvalue weighted by atomic mass is 10.0. The number of aliphatic carboxylic acids is 1. The van der Waals surface area contributed by atoms with Crippen LogP contribution in [-0.4, -0.2) is 41.4 Å². The molecule has 2 amide bonds. The predicted molar refractivity (Wildman–Crippen MR) is 66.2 cm³/mol. The monoisotopic (exact) mass is 258 g/mol. The molecular formula is C12H22N2O4.